The third-order valence-corrected chi connectivity index (χ3v) is 7.29. The quantitative estimate of drug-likeness (QED) is 0.387. The van der Waals surface area contributed by atoms with Crippen LogP contribution in [0.1, 0.15) is 42.3 Å². The van der Waals surface area contributed by atoms with E-state index < -0.39 is 0 Å². The number of thioether (sulfide) groups is 1. The van der Waals surface area contributed by atoms with E-state index in [1.807, 2.05) is 25.3 Å². The van der Waals surface area contributed by atoms with Crippen molar-refractivity contribution in [2.45, 2.75) is 51.6 Å². The van der Waals surface area contributed by atoms with E-state index in [0.717, 1.165) is 15.3 Å². The summed E-state index contributed by atoms with van der Waals surface area (Å²) in [6, 6.07) is 6.58. The number of halogens is 1. The molecule has 3 heterocycles. The molecule has 0 amide bonds. The first-order valence-corrected chi connectivity index (χ1v) is 11.8. The molecule has 0 saturated carbocycles. The normalized spacial score (nSPS) is 12.7. The predicted molar refractivity (Wildman–Crippen MR) is 124 cm³/mol. The molecular weight excluding hydrogens is 433 g/mol. The number of rotatable bonds is 6. The summed E-state index contributed by atoms with van der Waals surface area (Å²) in [6.45, 7) is 10.8. The molecule has 0 radical (unpaired) electrons. The van der Waals surface area contributed by atoms with Crippen LogP contribution in [-0.4, -0.2) is 24.7 Å². The topological polar surface area (TPSA) is 76.5 Å². The van der Waals surface area contributed by atoms with Gasteiger partial charge in [0.05, 0.1) is 16.2 Å². The standard InChI is InChI=1S/C22H24FN5OS2/c1-11(2)10-28-19(15-8-6-7-9-16(15)23)26-27-22(28)31-14(5)18-24-20(29)17-12(3)13(4)30-21(17)25-18/h6-9,11,14H,10H2,1-5H3,(H,24,25,29). The van der Waals surface area contributed by atoms with Crippen molar-refractivity contribution >= 4 is 33.3 Å². The third kappa shape index (κ3) is 4.16. The molecule has 0 aliphatic heterocycles. The molecule has 1 unspecified atom stereocenters. The highest BCUT2D eigenvalue weighted by Gasteiger charge is 2.22. The fraction of sp³-hybridized carbons (Fsp3) is 0.364. The zero-order valence-corrected chi connectivity index (χ0v) is 19.7. The fourth-order valence-corrected chi connectivity index (χ4v) is 5.38. The molecule has 31 heavy (non-hydrogen) atoms. The molecule has 1 N–H and O–H groups in total. The number of nitrogens with zero attached hydrogens (tertiary/aromatic N) is 4. The molecule has 0 bridgehead atoms. The van der Waals surface area contributed by atoms with E-state index in [0.29, 0.717) is 40.2 Å². The Labute approximate surface area is 188 Å². The number of H-pyrrole nitrogens is 1. The van der Waals surface area contributed by atoms with E-state index in [4.69, 9.17) is 4.98 Å². The molecule has 4 rings (SSSR count). The van der Waals surface area contributed by atoms with Crippen molar-refractivity contribution in [3.05, 3.63) is 56.7 Å². The summed E-state index contributed by atoms with van der Waals surface area (Å²) in [6.07, 6.45) is 0. The maximum atomic E-state index is 14.4. The molecule has 6 nitrogen and oxygen atoms in total. The largest absolute Gasteiger partial charge is 0.309 e. The van der Waals surface area contributed by atoms with Gasteiger partial charge in [-0.25, -0.2) is 9.37 Å². The molecule has 0 aliphatic rings. The van der Waals surface area contributed by atoms with E-state index in [1.54, 1.807) is 18.2 Å². The number of hydrogen-bond donors (Lipinski definition) is 1. The number of fused-ring (bicyclic) bond motifs is 1. The Morgan fingerprint density at radius 1 is 1.19 bits per heavy atom. The van der Waals surface area contributed by atoms with Crippen LogP contribution in [0.15, 0.2) is 34.2 Å². The molecule has 1 atom stereocenters. The van der Waals surface area contributed by atoms with E-state index in [2.05, 4.69) is 29.0 Å². The Bertz CT molecular complexity index is 1310. The first kappa shape index (κ1) is 21.7. The summed E-state index contributed by atoms with van der Waals surface area (Å²) in [4.78, 5) is 22.1. The average molecular weight is 458 g/mol. The van der Waals surface area contributed by atoms with Gasteiger partial charge in [-0.05, 0) is 44.4 Å². The van der Waals surface area contributed by atoms with Crippen LogP contribution in [0.3, 0.4) is 0 Å². The third-order valence-electron chi connectivity index (χ3n) is 5.10. The van der Waals surface area contributed by atoms with Gasteiger partial charge in [-0.1, -0.05) is 37.7 Å². The lowest BCUT2D eigenvalue weighted by molar-refractivity contribution is 0.496. The Morgan fingerprint density at radius 3 is 2.65 bits per heavy atom. The van der Waals surface area contributed by atoms with Crippen LogP contribution < -0.4 is 5.56 Å². The number of aromatic amines is 1. The van der Waals surface area contributed by atoms with Crippen molar-refractivity contribution in [3.8, 4) is 11.4 Å². The van der Waals surface area contributed by atoms with Crippen molar-refractivity contribution in [3.63, 3.8) is 0 Å². The highest BCUT2D eigenvalue weighted by Crippen LogP contribution is 2.36. The molecule has 1 aromatic carbocycles. The molecule has 0 saturated heterocycles. The highest BCUT2D eigenvalue weighted by molar-refractivity contribution is 7.99. The molecule has 0 aliphatic carbocycles. The number of hydrogen-bond acceptors (Lipinski definition) is 6. The first-order chi connectivity index (χ1) is 14.8. The van der Waals surface area contributed by atoms with E-state index in [1.165, 1.54) is 29.2 Å². The second-order valence-electron chi connectivity index (χ2n) is 7.97. The minimum Gasteiger partial charge on any atom is -0.309 e. The van der Waals surface area contributed by atoms with Gasteiger partial charge in [0.1, 0.15) is 16.5 Å². The van der Waals surface area contributed by atoms with Crippen LogP contribution >= 0.6 is 23.1 Å². The fourth-order valence-electron chi connectivity index (χ4n) is 3.43. The van der Waals surface area contributed by atoms with Gasteiger partial charge in [-0.2, -0.15) is 0 Å². The summed E-state index contributed by atoms with van der Waals surface area (Å²) in [7, 11) is 0. The van der Waals surface area contributed by atoms with Crippen LogP contribution in [0.5, 0.6) is 0 Å². The van der Waals surface area contributed by atoms with E-state index in [-0.39, 0.29) is 16.6 Å². The number of aryl methyl sites for hydroxylation is 2. The number of benzene rings is 1. The molecule has 9 heteroatoms. The number of aromatic nitrogens is 5. The van der Waals surface area contributed by atoms with Gasteiger partial charge >= 0.3 is 0 Å². The van der Waals surface area contributed by atoms with Crippen molar-refractivity contribution in [1.29, 1.82) is 0 Å². The summed E-state index contributed by atoms with van der Waals surface area (Å²) in [5.41, 5.74) is 1.28. The minimum atomic E-state index is -0.329. The second kappa shape index (κ2) is 8.55. The molecular formula is C22H24FN5OS2. The van der Waals surface area contributed by atoms with Crippen LogP contribution in [0.4, 0.5) is 4.39 Å². The van der Waals surface area contributed by atoms with Gasteiger partial charge in [0.15, 0.2) is 11.0 Å². The van der Waals surface area contributed by atoms with Crippen molar-refractivity contribution in [2.75, 3.05) is 0 Å². The molecule has 4 aromatic rings. The van der Waals surface area contributed by atoms with Crippen LogP contribution in [0.2, 0.25) is 0 Å². The van der Waals surface area contributed by atoms with Crippen molar-refractivity contribution < 1.29 is 4.39 Å². The van der Waals surface area contributed by atoms with E-state index in [9.17, 15) is 9.18 Å². The first-order valence-electron chi connectivity index (χ1n) is 10.1. The van der Waals surface area contributed by atoms with Crippen LogP contribution in [0.25, 0.3) is 21.6 Å². The van der Waals surface area contributed by atoms with Gasteiger partial charge in [-0.15, -0.1) is 21.5 Å². The minimum absolute atomic E-state index is 0.120. The molecule has 3 aromatic heterocycles. The summed E-state index contributed by atoms with van der Waals surface area (Å²) >= 11 is 2.98. The highest BCUT2D eigenvalue weighted by atomic mass is 32.2. The predicted octanol–water partition coefficient (Wildman–Crippen LogP) is 5.51. The Morgan fingerprint density at radius 2 is 1.94 bits per heavy atom. The van der Waals surface area contributed by atoms with Gasteiger partial charge in [0.2, 0.25) is 0 Å². The average Bonchev–Trinajstić information content (AvgIpc) is 3.22. The van der Waals surface area contributed by atoms with Crippen LogP contribution in [-0.2, 0) is 6.54 Å². The lowest BCUT2D eigenvalue weighted by atomic mass is 10.2. The second-order valence-corrected chi connectivity index (χ2v) is 10.5. The zero-order chi connectivity index (χ0) is 22.3. The lowest BCUT2D eigenvalue weighted by Gasteiger charge is -2.15. The monoisotopic (exact) mass is 457 g/mol. The summed E-state index contributed by atoms with van der Waals surface area (Å²) < 4.78 is 16.4. The summed E-state index contributed by atoms with van der Waals surface area (Å²) in [5.74, 6) is 1.09. The molecule has 162 valence electrons. The maximum Gasteiger partial charge on any atom is 0.259 e. The van der Waals surface area contributed by atoms with Crippen molar-refractivity contribution in [1.82, 2.24) is 24.7 Å². The van der Waals surface area contributed by atoms with Crippen LogP contribution in [0, 0.1) is 25.6 Å². The van der Waals surface area contributed by atoms with Crippen molar-refractivity contribution in [2.24, 2.45) is 5.92 Å². The Kier molecular flexibility index (Phi) is 5.98. The summed E-state index contributed by atoms with van der Waals surface area (Å²) in [5, 5.41) is 9.80. The van der Waals surface area contributed by atoms with Gasteiger partial charge in [0.25, 0.3) is 5.56 Å². The van der Waals surface area contributed by atoms with Gasteiger partial charge in [0, 0.05) is 11.4 Å². The zero-order valence-electron chi connectivity index (χ0n) is 18.1. The number of thiophene rings is 1. The Balaban J connectivity index is 1.71. The smallest absolute Gasteiger partial charge is 0.259 e. The van der Waals surface area contributed by atoms with Gasteiger partial charge < -0.3 is 9.55 Å². The maximum absolute atomic E-state index is 14.4. The van der Waals surface area contributed by atoms with Gasteiger partial charge in [-0.3, -0.25) is 4.79 Å². The molecule has 0 spiro atoms. The molecule has 0 fully saturated rings. The van der Waals surface area contributed by atoms with E-state index >= 15 is 0 Å². The number of nitrogens with one attached hydrogen (secondary N) is 1. The SMILES string of the molecule is Cc1sc2nc(C(C)Sc3nnc(-c4ccccc4F)n3CC(C)C)[nH]c(=O)c2c1C. The lowest BCUT2D eigenvalue weighted by Crippen LogP contribution is -2.13. The Hall–Kier alpha value is -2.52.